The van der Waals surface area contributed by atoms with Gasteiger partial charge in [-0.1, -0.05) is 12.1 Å². The molecule has 17 heavy (non-hydrogen) atoms. The van der Waals surface area contributed by atoms with Crippen molar-refractivity contribution < 1.29 is 4.74 Å². The molecule has 1 aliphatic carbocycles. The maximum Gasteiger partial charge on any atom is 0.119 e. The number of hydrogen-bond acceptors (Lipinski definition) is 3. The van der Waals surface area contributed by atoms with Gasteiger partial charge in [-0.15, -0.1) is 0 Å². The third kappa shape index (κ3) is 2.05. The van der Waals surface area contributed by atoms with E-state index in [2.05, 4.69) is 23.1 Å². The molecule has 0 spiro atoms. The molecule has 2 N–H and O–H groups in total. The molecule has 0 bridgehead atoms. The van der Waals surface area contributed by atoms with Crippen molar-refractivity contribution in [2.45, 2.75) is 37.4 Å². The molecule has 1 aromatic rings. The molecule has 1 aromatic carbocycles. The number of nitrogens with zero attached hydrogens (tertiary/aromatic N) is 1. The Morgan fingerprint density at radius 1 is 1.29 bits per heavy atom. The summed E-state index contributed by atoms with van der Waals surface area (Å²) in [4.78, 5) is 2.58. The zero-order valence-electron chi connectivity index (χ0n) is 10.3. The Morgan fingerprint density at radius 3 is 2.82 bits per heavy atom. The molecule has 3 nitrogen and oxygen atoms in total. The average molecular weight is 232 g/mol. The second-order valence-electron chi connectivity index (χ2n) is 5.14. The molecular weight excluding hydrogens is 212 g/mol. The molecule has 1 saturated heterocycles. The second kappa shape index (κ2) is 4.31. The van der Waals surface area contributed by atoms with Gasteiger partial charge in [-0.3, -0.25) is 4.90 Å². The molecule has 2 atom stereocenters. The number of nitrogens with two attached hydrogens (primary N) is 1. The predicted octanol–water partition coefficient (Wildman–Crippen LogP) is 1.93. The fourth-order valence-electron chi connectivity index (χ4n) is 2.92. The molecule has 1 aliphatic heterocycles. The molecular formula is C14H20N2O. The van der Waals surface area contributed by atoms with E-state index < -0.39 is 0 Å². The molecule has 3 heteroatoms. The third-order valence-electron chi connectivity index (χ3n) is 3.93. The molecule has 0 amide bonds. The lowest BCUT2D eigenvalue weighted by atomic mass is 10.0. The van der Waals surface area contributed by atoms with Crippen LogP contribution in [0, 0.1) is 0 Å². The van der Waals surface area contributed by atoms with Crippen LogP contribution in [0.25, 0.3) is 0 Å². The summed E-state index contributed by atoms with van der Waals surface area (Å²) in [5.74, 6) is 0.928. The Hall–Kier alpha value is -1.06. The molecule has 2 unspecified atom stereocenters. The number of benzene rings is 1. The first-order valence-corrected chi connectivity index (χ1v) is 6.45. The highest BCUT2D eigenvalue weighted by atomic mass is 16.5. The van der Waals surface area contributed by atoms with Gasteiger partial charge in [0, 0.05) is 18.6 Å². The van der Waals surface area contributed by atoms with Crippen molar-refractivity contribution in [1.29, 1.82) is 0 Å². The van der Waals surface area contributed by atoms with E-state index in [0.717, 1.165) is 24.8 Å². The highest BCUT2D eigenvalue weighted by Crippen LogP contribution is 2.40. The number of methoxy groups -OCH3 is 1. The molecule has 2 aliphatic rings. The quantitative estimate of drug-likeness (QED) is 0.865. The zero-order valence-corrected chi connectivity index (χ0v) is 10.3. The first-order chi connectivity index (χ1) is 8.29. The van der Waals surface area contributed by atoms with Crippen molar-refractivity contribution in [1.82, 2.24) is 4.90 Å². The van der Waals surface area contributed by atoms with Crippen LogP contribution in [0.3, 0.4) is 0 Å². The lowest BCUT2D eigenvalue weighted by molar-refractivity contribution is 0.237. The number of rotatable bonds is 3. The van der Waals surface area contributed by atoms with E-state index in [1.54, 1.807) is 7.11 Å². The van der Waals surface area contributed by atoms with Crippen LogP contribution in [0.2, 0.25) is 0 Å². The SMILES string of the molecule is COc1cccc(C2C(N)CCN2C2CC2)c1. The number of ether oxygens (including phenoxy) is 1. The topological polar surface area (TPSA) is 38.5 Å². The lowest BCUT2D eigenvalue weighted by Crippen LogP contribution is -2.33. The van der Waals surface area contributed by atoms with Crippen molar-refractivity contribution in [3.8, 4) is 5.75 Å². The van der Waals surface area contributed by atoms with Gasteiger partial charge in [0.1, 0.15) is 5.75 Å². The van der Waals surface area contributed by atoms with Crippen molar-refractivity contribution in [3.05, 3.63) is 29.8 Å². The van der Waals surface area contributed by atoms with Crippen LogP contribution in [0.5, 0.6) is 5.75 Å². The van der Waals surface area contributed by atoms with E-state index in [0.29, 0.717) is 6.04 Å². The van der Waals surface area contributed by atoms with Crippen molar-refractivity contribution in [2.24, 2.45) is 5.73 Å². The van der Waals surface area contributed by atoms with E-state index in [4.69, 9.17) is 10.5 Å². The average Bonchev–Trinajstić information content (AvgIpc) is 3.13. The molecule has 1 heterocycles. The minimum atomic E-state index is 0.266. The van der Waals surface area contributed by atoms with E-state index in [-0.39, 0.29) is 6.04 Å². The molecule has 0 aromatic heterocycles. The fourth-order valence-corrected chi connectivity index (χ4v) is 2.92. The molecule has 0 radical (unpaired) electrons. The summed E-state index contributed by atoms with van der Waals surface area (Å²) in [5.41, 5.74) is 7.58. The fraction of sp³-hybridized carbons (Fsp3) is 0.571. The largest absolute Gasteiger partial charge is 0.497 e. The van der Waals surface area contributed by atoms with Crippen molar-refractivity contribution >= 4 is 0 Å². The van der Waals surface area contributed by atoms with E-state index >= 15 is 0 Å². The normalized spacial score (nSPS) is 29.5. The highest BCUT2D eigenvalue weighted by molar-refractivity contribution is 5.32. The Morgan fingerprint density at radius 2 is 2.12 bits per heavy atom. The molecule has 1 saturated carbocycles. The molecule has 2 fully saturated rings. The summed E-state index contributed by atoms with van der Waals surface area (Å²) in [6.07, 6.45) is 3.79. The van der Waals surface area contributed by atoms with E-state index in [1.807, 2.05) is 6.07 Å². The van der Waals surface area contributed by atoms with Crippen LogP contribution in [0.15, 0.2) is 24.3 Å². The second-order valence-corrected chi connectivity index (χ2v) is 5.14. The van der Waals surface area contributed by atoms with Gasteiger partial charge >= 0.3 is 0 Å². The first kappa shape index (κ1) is 11.1. The van der Waals surface area contributed by atoms with Gasteiger partial charge in [-0.25, -0.2) is 0 Å². The van der Waals surface area contributed by atoms with Crippen LogP contribution in [0.4, 0.5) is 0 Å². The molecule has 92 valence electrons. The van der Waals surface area contributed by atoms with Crippen LogP contribution in [0.1, 0.15) is 30.9 Å². The Kier molecular flexibility index (Phi) is 2.81. The van der Waals surface area contributed by atoms with Crippen LogP contribution in [-0.2, 0) is 0 Å². The standard InChI is InChI=1S/C14H20N2O/c1-17-12-4-2-3-10(9-12)14-13(15)7-8-16(14)11-5-6-11/h2-4,9,11,13-14H,5-8,15H2,1H3. The number of hydrogen-bond donors (Lipinski definition) is 1. The first-order valence-electron chi connectivity index (χ1n) is 6.45. The number of likely N-dealkylation sites (tertiary alicyclic amines) is 1. The van der Waals surface area contributed by atoms with Gasteiger partial charge in [0.15, 0.2) is 0 Å². The zero-order chi connectivity index (χ0) is 11.8. The Balaban J connectivity index is 1.88. The van der Waals surface area contributed by atoms with Crippen molar-refractivity contribution in [3.63, 3.8) is 0 Å². The van der Waals surface area contributed by atoms with Gasteiger partial charge in [0.05, 0.1) is 13.2 Å². The Bertz CT molecular complexity index is 403. The van der Waals surface area contributed by atoms with Gasteiger partial charge in [-0.2, -0.15) is 0 Å². The van der Waals surface area contributed by atoms with Crippen LogP contribution < -0.4 is 10.5 Å². The smallest absolute Gasteiger partial charge is 0.119 e. The summed E-state index contributed by atoms with van der Waals surface area (Å²) in [5, 5.41) is 0. The van der Waals surface area contributed by atoms with Gasteiger partial charge in [0.2, 0.25) is 0 Å². The molecule has 3 rings (SSSR count). The van der Waals surface area contributed by atoms with E-state index in [9.17, 15) is 0 Å². The van der Waals surface area contributed by atoms with Crippen molar-refractivity contribution in [2.75, 3.05) is 13.7 Å². The minimum Gasteiger partial charge on any atom is -0.497 e. The highest BCUT2D eigenvalue weighted by Gasteiger charge is 2.41. The van der Waals surface area contributed by atoms with Gasteiger partial charge in [-0.05, 0) is 37.0 Å². The van der Waals surface area contributed by atoms with E-state index in [1.165, 1.54) is 18.4 Å². The lowest BCUT2D eigenvalue weighted by Gasteiger charge is -2.27. The Labute approximate surface area is 103 Å². The van der Waals surface area contributed by atoms with Crippen LogP contribution >= 0.6 is 0 Å². The summed E-state index contributed by atoms with van der Waals surface area (Å²) < 4.78 is 5.30. The maximum absolute atomic E-state index is 6.28. The maximum atomic E-state index is 6.28. The minimum absolute atomic E-state index is 0.266. The van der Waals surface area contributed by atoms with Crippen LogP contribution in [-0.4, -0.2) is 30.6 Å². The third-order valence-corrected chi connectivity index (χ3v) is 3.93. The monoisotopic (exact) mass is 232 g/mol. The summed E-state index contributed by atoms with van der Waals surface area (Å²) >= 11 is 0. The summed E-state index contributed by atoms with van der Waals surface area (Å²) in [7, 11) is 1.71. The van der Waals surface area contributed by atoms with Gasteiger partial charge in [0.25, 0.3) is 0 Å². The summed E-state index contributed by atoms with van der Waals surface area (Å²) in [6, 6.07) is 9.79. The predicted molar refractivity (Wildman–Crippen MR) is 68.1 cm³/mol. The summed E-state index contributed by atoms with van der Waals surface area (Å²) in [6.45, 7) is 1.15. The van der Waals surface area contributed by atoms with Gasteiger partial charge < -0.3 is 10.5 Å².